The van der Waals surface area contributed by atoms with Gasteiger partial charge in [-0.05, 0) is 36.1 Å². The SMILES string of the molecule is Cc1ccc(C(C)C)c(OCC(=O)Nc2ccccc2CO)c1. The summed E-state index contributed by atoms with van der Waals surface area (Å²) in [5, 5.41) is 12.1. The molecule has 0 unspecified atom stereocenters. The predicted octanol–water partition coefficient (Wildman–Crippen LogP) is 3.63. The van der Waals surface area contributed by atoms with Crippen molar-refractivity contribution >= 4 is 11.6 Å². The van der Waals surface area contributed by atoms with Crippen LogP contribution in [0.5, 0.6) is 5.75 Å². The molecule has 4 nitrogen and oxygen atoms in total. The molecule has 0 saturated carbocycles. The smallest absolute Gasteiger partial charge is 0.262 e. The second kappa shape index (κ2) is 7.79. The molecule has 0 heterocycles. The molecule has 0 aliphatic carbocycles. The zero-order chi connectivity index (χ0) is 16.8. The molecule has 23 heavy (non-hydrogen) atoms. The van der Waals surface area contributed by atoms with Crippen LogP contribution in [0.1, 0.15) is 36.5 Å². The number of carbonyl (C=O) groups is 1. The summed E-state index contributed by atoms with van der Waals surface area (Å²) in [6.07, 6.45) is 0. The number of aliphatic hydroxyl groups is 1. The first-order valence-corrected chi connectivity index (χ1v) is 7.73. The topological polar surface area (TPSA) is 58.6 Å². The van der Waals surface area contributed by atoms with E-state index in [0.29, 0.717) is 17.2 Å². The molecule has 4 heteroatoms. The zero-order valence-corrected chi connectivity index (χ0v) is 13.8. The Balaban J connectivity index is 2.03. The van der Waals surface area contributed by atoms with Gasteiger partial charge in [-0.2, -0.15) is 0 Å². The molecule has 0 atom stereocenters. The molecule has 0 fully saturated rings. The number of nitrogens with one attached hydrogen (secondary N) is 1. The summed E-state index contributed by atoms with van der Waals surface area (Å²) in [6, 6.07) is 13.2. The molecule has 0 aliphatic heterocycles. The maximum Gasteiger partial charge on any atom is 0.262 e. The molecular weight excluding hydrogens is 290 g/mol. The first-order chi connectivity index (χ1) is 11.0. The highest BCUT2D eigenvalue weighted by atomic mass is 16.5. The van der Waals surface area contributed by atoms with E-state index in [1.54, 1.807) is 12.1 Å². The van der Waals surface area contributed by atoms with Crippen LogP contribution < -0.4 is 10.1 Å². The van der Waals surface area contributed by atoms with E-state index in [2.05, 4.69) is 19.2 Å². The molecule has 0 aromatic heterocycles. The number of aliphatic hydroxyl groups excluding tert-OH is 1. The fraction of sp³-hybridized carbons (Fsp3) is 0.316. The minimum Gasteiger partial charge on any atom is -0.483 e. The Morgan fingerprint density at radius 3 is 2.65 bits per heavy atom. The molecule has 0 aliphatic rings. The standard InChI is InChI=1S/C19H23NO3/c1-13(2)16-9-8-14(3)10-18(16)23-12-19(22)20-17-7-5-4-6-15(17)11-21/h4-10,13,21H,11-12H2,1-3H3,(H,20,22). The Hall–Kier alpha value is -2.33. The van der Waals surface area contributed by atoms with Crippen LogP contribution in [-0.2, 0) is 11.4 Å². The Morgan fingerprint density at radius 1 is 1.22 bits per heavy atom. The van der Waals surface area contributed by atoms with Gasteiger partial charge in [0.05, 0.1) is 6.61 Å². The van der Waals surface area contributed by atoms with E-state index in [9.17, 15) is 9.90 Å². The van der Waals surface area contributed by atoms with Gasteiger partial charge >= 0.3 is 0 Å². The third-order valence-corrected chi connectivity index (χ3v) is 3.61. The zero-order valence-electron chi connectivity index (χ0n) is 13.8. The van der Waals surface area contributed by atoms with Crippen molar-refractivity contribution in [2.24, 2.45) is 0 Å². The predicted molar refractivity (Wildman–Crippen MR) is 91.8 cm³/mol. The Labute approximate surface area is 137 Å². The van der Waals surface area contributed by atoms with Crippen molar-refractivity contribution in [3.8, 4) is 5.75 Å². The van der Waals surface area contributed by atoms with Crippen LogP contribution in [0, 0.1) is 6.92 Å². The Kier molecular flexibility index (Phi) is 5.77. The minimum absolute atomic E-state index is 0.0665. The fourth-order valence-electron chi connectivity index (χ4n) is 2.35. The van der Waals surface area contributed by atoms with E-state index in [-0.39, 0.29) is 19.1 Å². The molecule has 2 N–H and O–H groups in total. The first-order valence-electron chi connectivity index (χ1n) is 7.73. The number of carbonyl (C=O) groups excluding carboxylic acids is 1. The second-order valence-electron chi connectivity index (χ2n) is 5.85. The molecule has 0 spiro atoms. The van der Waals surface area contributed by atoms with Gasteiger partial charge in [-0.3, -0.25) is 4.79 Å². The summed E-state index contributed by atoms with van der Waals surface area (Å²) in [4.78, 5) is 12.1. The van der Waals surface area contributed by atoms with Crippen molar-refractivity contribution in [2.75, 3.05) is 11.9 Å². The van der Waals surface area contributed by atoms with Gasteiger partial charge < -0.3 is 15.2 Å². The third kappa shape index (κ3) is 4.57. The fourth-order valence-corrected chi connectivity index (χ4v) is 2.35. The van der Waals surface area contributed by atoms with Crippen molar-refractivity contribution in [3.05, 3.63) is 59.2 Å². The summed E-state index contributed by atoms with van der Waals surface area (Å²) in [5.74, 6) is 0.816. The van der Waals surface area contributed by atoms with Crippen molar-refractivity contribution in [3.63, 3.8) is 0 Å². The normalized spacial score (nSPS) is 10.7. The number of ether oxygens (including phenoxy) is 1. The van der Waals surface area contributed by atoms with Crippen molar-refractivity contribution in [1.82, 2.24) is 0 Å². The van der Waals surface area contributed by atoms with Gasteiger partial charge in [0.15, 0.2) is 6.61 Å². The summed E-state index contributed by atoms with van der Waals surface area (Å²) in [6.45, 7) is 5.99. The number of hydrogen-bond donors (Lipinski definition) is 2. The maximum absolute atomic E-state index is 12.1. The molecular formula is C19H23NO3. The van der Waals surface area contributed by atoms with Crippen LogP contribution in [0.15, 0.2) is 42.5 Å². The number of aryl methyl sites for hydroxylation is 1. The summed E-state index contributed by atoms with van der Waals surface area (Å²) < 4.78 is 5.71. The largest absolute Gasteiger partial charge is 0.483 e. The Bertz CT molecular complexity index is 680. The lowest BCUT2D eigenvalue weighted by atomic mass is 10.0. The van der Waals surface area contributed by atoms with E-state index >= 15 is 0 Å². The number of anilines is 1. The molecule has 2 aromatic rings. The number of amides is 1. The average Bonchev–Trinajstić information content (AvgIpc) is 2.53. The molecule has 122 valence electrons. The summed E-state index contributed by atoms with van der Waals surface area (Å²) in [7, 11) is 0. The van der Waals surface area contributed by atoms with Crippen LogP contribution in [0.4, 0.5) is 5.69 Å². The van der Waals surface area contributed by atoms with E-state index in [1.807, 2.05) is 37.3 Å². The van der Waals surface area contributed by atoms with Crippen LogP contribution in [0.3, 0.4) is 0 Å². The number of rotatable bonds is 6. The lowest BCUT2D eigenvalue weighted by Crippen LogP contribution is -2.21. The number of para-hydroxylation sites is 1. The highest BCUT2D eigenvalue weighted by Gasteiger charge is 2.11. The second-order valence-corrected chi connectivity index (χ2v) is 5.85. The van der Waals surface area contributed by atoms with Gasteiger partial charge in [-0.1, -0.05) is 44.2 Å². The minimum atomic E-state index is -0.248. The van der Waals surface area contributed by atoms with E-state index in [0.717, 1.165) is 16.9 Å². The van der Waals surface area contributed by atoms with Crippen molar-refractivity contribution < 1.29 is 14.6 Å². The molecule has 0 bridgehead atoms. The molecule has 1 amide bonds. The number of hydrogen-bond acceptors (Lipinski definition) is 3. The van der Waals surface area contributed by atoms with Crippen molar-refractivity contribution in [2.45, 2.75) is 33.3 Å². The maximum atomic E-state index is 12.1. The Morgan fingerprint density at radius 2 is 1.96 bits per heavy atom. The van der Waals surface area contributed by atoms with Gasteiger partial charge in [0.1, 0.15) is 5.75 Å². The van der Waals surface area contributed by atoms with Gasteiger partial charge in [0.25, 0.3) is 5.91 Å². The van der Waals surface area contributed by atoms with Gasteiger partial charge in [-0.15, -0.1) is 0 Å². The first kappa shape index (κ1) is 17.0. The van der Waals surface area contributed by atoms with Gasteiger partial charge in [0.2, 0.25) is 0 Å². The van der Waals surface area contributed by atoms with E-state index < -0.39 is 0 Å². The molecule has 0 saturated heterocycles. The lowest BCUT2D eigenvalue weighted by molar-refractivity contribution is -0.118. The van der Waals surface area contributed by atoms with E-state index in [4.69, 9.17) is 4.74 Å². The summed E-state index contributed by atoms with van der Waals surface area (Å²) in [5.41, 5.74) is 3.46. The molecule has 2 rings (SSSR count). The quantitative estimate of drug-likeness (QED) is 0.856. The number of benzene rings is 2. The third-order valence-electron chi connectivity index (χ3n) is 3.61. The highest BCUT2D eigenvalue weighted by Crippen LogP contribution is 2.27. The van der Waals surface area contributed by atoms with Gasteiger partial charge in [0, 0.05) is 11.3 Å². The molecule has 2 aromatic carbocycles. The average molecular weight is 313 g/mol. The van der Waals surface area contributed by atoms with Crippen LogP contribution in [-0.4, -0.2) is 17.6 Å². The monoisotopic (exact) mass is 313 g/mol. The van der Waals surface area contributed by atoms with E-state index in [1.165, 1.54) is 0 Å². The van der Waals surface area contributed by atoms with Crippen molar-refractivity contribution in [1.29, 1.82) is 0 Å². The van der Waals surface area contributed by atoms with Crippen LogP contribution in [0.25, 0.3) is 0 Å². The lowest BCUT2D eigenvalue weighted by Gasteiger charge is -2.15. The molecule has 0 radical (unpaired) electrons. The van der Waals surface area contributed by atoms with Crippen LogP contribution in [0.2, 0.25) is 0 Å². The highest BCUT2D eigenvalue weighted by molar-refractivity contribution is 5.92. The van der Waals surface area contributed by atoms with Gasteiger partial charge in [-0.25, -0.2) is 0 Å². The summed E-state index contributed by atoms with van der Waals surface area (Å²) >= 11 is 0. The van der Waals surface area contributed by atoms with Crippen LogP contribution >= 0.6 is 0 Å².